The summed E-state index contributed by atoms with van der Waals surface area (Å²) in [5.41, 5.74) is 4.01. The summed E-state index contributed by atoms with van der Waals surface area (Å²) >= 11 is 0. The first-order valence-electron chi connectivity index (χ1n) is 5.53. The SMILES string of the molecule is CCC1(C)C/C(=N/N)c2ccccc2C1. The fourth-order valence-electron chi connectivity index (χ4n) is 2.34. The molecule has 0 aromatic heterocycles. The van der Waals surface area contributed by atoms with Gasteiger partial charge in [0.05, 0.1) is 5.71 Å². The van der Waals surface area contributed by atoms with E-state index in [-0.39, 0.29) is 0 Å². The Morgan fingerprint density at radius 2 is 2.07 bits per heavy atom. The van der Waals surface area contributed by atoms with Gasteiger partial charge in [-0.05, 0) is 23.8 Å². The summed E-state index contributed by atoms with van der Waals surface area (Å²) in [5, 5.41) is 3.95. The van der Waals surface area contributed by atoms with Gasteiger partial charge < -0.3 is 5.84 Å². The van der Waals surface area contributed by atoms with Crippen molar-refractivity contribution in [3.63, 3.8) is 0 Å². The van der Waals surface area contributed by atoms with Crippen LogP contribution in [0.2, 0.25) is 0 Å². The molecule has 0 radical (unpaired) electrons. The van der Waals surface area contributed by atoms with Gasteiger partial charge in [0.2, 0.25) is 0 Å². The monoisotopic (exact) mass is 202 g/mol. The Morgan fingerprint density at radius 1 is 1.33 bits per heavy atom. The maximum atomic E-state index is 5.48. The molecule has 2 heteroatoms. The zero-order valence-corrected chi connectivity index (χ0v) is 9.46. The van der Waals surface area contributed by atoms with E-state index in [0.29, 0.717) is 5.41 Å². The Hall–Kier alpha value is -1.31. The van der Waals surface area contributed by atoms with Gasteiger partial charge in [0.15, 0.2) is 0 Å². The molecule has 0 fully saturated rings. The number of hydrogen-bond donors (Lipinski definition) is 1. The molecular weight excluding hydrogens is 184 g/mol. The highest BCUT2D eigenvalue weighted by atomic mass is 15.1. The molecule has 1 aliphatic carbocycles. The van der Waals surface area contributed by atoms with Crippen molar-refractivity contribution < 1.29 is 0 Å². The highest BCUT2D eigenvalue weighted by molar-refractivity contribution is 6.03. The minimum atomic E-state index is 0.326. The second-order valence-electron chi connectivity index (χ2n) is 4.75. The van der Waals surface area contributed by atoms with Gasteiger partial charge in [-0.3, -0.25) is 0 Å². The molecular formula is C13H18N2. The summed E-state index contributed by atoms with van der Waals surface area (Å²) < 4.78 is 0. The standard InChI is InChI=1S/C13H18N2/c1-3-13(2)8-10-6-4-5-7-11(10)12(9-13)15-14/h4-7H,3,8-9,14H2,1-2H3/b15-12-. The predicted octanol–water partition coefficient (Wildman–Crippen LogP) is 2.71. The van der Waals surface area contributed by atoms with Gasteiger partial charge in [0.1, 0.15) is 0 Å². The number of nitrogens with two attached hydrogens (primary N) is 1. The van der Waals surface area contributed by atoms with Crippen LogP contribution < -0.4 is 5.84 Å². The quantitative estimate of drug-likeness (QED) is 0.552. The summed E-state index contributed by atoms with van der Waals surface area (Å²) in [6.07, 6.45) is 3.30. The molecule has 0 saturated heterocycles. The lowest BCUT2D eigenvalue weighted by Gasteiger charge is -2.34. The first kappa shape index (κ1) is 10.2. The lowest BCUT2D eigenvalue weighted by atomic mass is 9.70. The molecule has 1 aromatic rings. The van der Waals surface area contributed by atoms with Crippen molar-refractivity contribution in [2.75, 3.05) is 0 Å². The molecule has 1 unspecified atom stereocenters. The Kier molecular flexibility index (Phi) is 2.51. The fourth-order valence-corrected chi connectivity index (χ4v) is 2.34. The Morgan fingerprint density at radius 3 is 2.73 bits per heavy atom. The van der Waals surface area contributed by atoms with Crippen LogP contribution in [0.25, 0.3) is 0 Å². The number of fused-ring (bicyclic) bond motifs is 1. The molecule has 2 N–H and O–H groups in total. The molecule has 0 saturated carbocycles. The molecule has 2 rings (SSSR count). The smallest absolute Gasteiger partial charge is 0.0681 e. The number of benzene rings is 1. The van der Waals surface area contributed by atoms with E-state index in [4.69, 9.17) is 5.84 Å². The molecule has 15 heavy (non-hydrogen) atoms. The highest BCUT2D eigenvalue weighted by Gasteiger charge is 2.31. The second kappa shape index (κ2) is 3.69. The molecule has 1 aliphatic rings. The first-order valence-corrected chi connectivity index (χ1v) is 5.53. The molecule has 0 amide bonds. The summed E-state index contributed by atoms with van der Waals surface area (Å²) in [6.45, 7) is 4.55. The van der Waals surface area contributed by atoms with Crippen molar-refractivity contribution >= 4 is 5.71 Å². The van der Waals surface area contributed by atoms with Gasteiger partial charge >= 0.3 is 0 Å². The highest BCUT2D eigenvalue weighted by Crippen LogP contribution is 2.37. The van der Waals surface area contributed by atoms with E-state index in [1.165, 1.54) is 17.5 Å². The van der Waals surface area contributed by atoms with Crippen molar-refractivity contribution in [3.05, 3.63) is 35.4 Å². The van der Waals surface area contributed by atoms with Gasteiger partial charge in [-0.25, -0.2) is 0 Å². The summed E-state index contributed by atoms with van der Waals surface area (Å²) in [5.74, 6) is 5.48. The molecule has 0 spiro atoms. The molecule has 2 nitrogen and oxygen atoms in total. The third kappa shape index (κ3) is 1.76. The van der Waals surface area contributed by atoms with Crippen LogP contribution in [0.3, 0.4) is 0 Å². The number of hydrogen-bond acceptors (Lipinski definition) is 2. The lowest BCUT2D eigenvalue weighted by molar-refractivity contribution is 0.316. The molecule has 1 atom stereocenters. The van der Waals surface area contributed by atoms with E-state index >= 15 is 0 Å². The van der Waals surface area contributed by atoms with E-state index in [1.807, 2.05) is 0 Å². The minimum absolute atomic E-state index is 0.326. The van der Waals surface area contributed by atoms with E-state index in [9.17, 15) is 0 Å². The fraction of sp³-hybridized carbons (Fsp3) is 0.462. The van der Waals surface area contributed by atoms with Gasteiger partial charge in [0.25, 0.3) is 0 Å². The van der Waals surface area contributed by atoms with Crippen LogP contribution in [0.5, 0.6) is 0 Å². The van der Waals surface area contributed by atoms with Crippen molar-refractivity contribution in [3.8, 4) is 0 Å². The Bertz CT molecular complexity index is 395. The predicted molar refractivity (Wildman–Crippen MR) is 63.9 cm³/mol. The van der Waals surface area contributed by atoms with Crippen LogP contribution >= 0.6 is 0 Å². The van der Waals surface area contributed by atoms with Crippen LogP contribution in [-0.4, -0.2) is 5.71 Å². The van der Waals surface area contributed by atoms with E-state index in [2.05, 4.69) is 43.2 Å². The van der Waals surface area contributed by atoms with Gasteiger partial charge in [-0.1, -0.05) is 44.5 Å². The molecule has 0 bridgehead atoms. The van der Waals surface area contributed by atoms with Crippen molar-refractivity contribution in [2.24, 2.45) is 16.4 Å². The zero-order valence-electron chi connectivity index (χ0n) is 9.46. The van der Waals surface area contributed by atoms with Crippen LogP contribution in [0.4, 0.5) is 0 Å². The van der Waals surface area contributed by atoms with E-state index in [1.54, 1.807) is 0 Å². The van der Waals surface area contributed by atoms with Gasteiger partial charge in [-0.15, -0.1) is 0 Å². The summed E-state index contributed by atoms with van der Waals surface area (Å²) in [7, 11) is 0. The molecule has 80 valence electrons. The lowest BCUT2D eigenvalue weighted by Crippen LogP contribution is -2.30. The van der Waals surface area contributed by atoms with Gasteiger partial charge in [-0.2, -0.15) is 5.10 Å². The third-order valence-electron chi connectivity index (χ3n) is 3.55. The average molecular weight is 202 g/mol. The summed E-state index contributed by atoms with van der Waals surface area (Å²) in [4.78, 5) is 0. The topological polar surface area (TPSA) is 38.4 Å². The largest absolute Gasteiger partial charge is 0.323 e. The maximum absolute atomic E-state index is 5.48. The molecule has 0 aliphatic heterocycles. The number of rotatable bonds is 1. The maximum Gasteiger partial charge on any atom is 0.0681 e. The van der Waals surface area contributed by atoms with Crippen LogP contribution in [0.1, 0.15) is 37.8 Å². The van der Waals surface area contributed by atoms with Crippen LogP contribution in [0, 0.1) is 5.41 Å². The van der Waals surface area contributed by atoms with Crippen molar-refractivity contribution in [1.29, 1.82) is 0 Å². The Labute approximate surface area is 91.2 Å². The van der Waals surface area contributed by atoms with Crippen LogP contribution in [0.15, 0.2) is 29.4 Å². The third-order valence-corrected chi connectivity index (χ3v) is 3.55. The van der Waals surface area contributed by atoms with Crippen molar-refractivity contribution in [2.45, 2.75) is 33.1 Å². The average Bonchev–Trinajstić information content (AvgIpc) is 2.28. The molecule has 0 heterocycles. The van der Waals surface area contributed by atoms with Crippen molar-refractivity contribution in [1.82, 2.24) is 0 Å². The second-order valence-corrected chi connectivity index (χ2v) is 4.75. The zero-order chi connectivity index (χ0) is 10.9. The van der Waals surface area contributed by atoms with E-state index < -0.39 is 0 Å². The number of hydrazone groups is 1. The minimum Gasteiger partial charge on any atom is -0.323 e. The normalized spacial score (nSPS) is 27.7. The first-order chi connectivity index (χ1) is 7.18. The molecule has 1 aromatic carbocycles. The van der Waals surface area contributed by atoms with Crippen LogP contribution in [-0.2, 0) is 6.42 Å². The van der Waals surface area contributed by atoms with Gasteiger partial charge in [0, 0.05) is 5.56 Å². The van der Waals surface area contributed by atoms with E-state index in [0.717, 1.165) is 18.6 Å². The Balaban J connectivity index is 2.48. The number of nitrogens with zero attached hydrogens (tertiary/aromatic N) is 1. The summed E-state index contributed by atoms with van der Waals surface area (Å²) in [6, 6.07) is 8.46.